The van der Waals surface area contributed by atoms with Gasteiger partial charge in [0.05, 0.1) is 29.0 Å². The largest absolute Gasteiger partial charge is 0.324 e. The van der Waals surface area contributed by atoms with Crippen molar-refractivity contribution in [1.29, 1.82) is 5.26 Å². The van der Waals surface area contributed by atoms with Crippen LogP contribution in [0.3, 0.4) is 0 Å². The van der Waals surface area contributed by atoms with E-state index in [4.69, 9.17) is 0 Å². The van der Waals surface area contributed by atoms with E-state index in [2.05, 4.69) is 20.1 Å². The summed E-state index contributed by atoms with van der Waals surface area (Å²) in [5.74, 6) is -0.239. The smallest absolute Gasteiger partial charge is 0.245 e. The van der Waals surface area contributed by atoms with E-state index in [-0.39, 0.29) is 23.9 Å². The summed E-state index contributed by atoms with van der Waals surface area (Å²) in [7, 11) is -3.71. The van der Waals surface area contributed by atoms with Crippen molar-refractivity contribution in [2.24, 2.45) is 0 Å². The van der Waals surface area contributed by atoms with Crippen molar-refractivity contribution in [2.75, 3.05) is 31.5 Å². The third-order valence-electron chi connectivity index (χ3n) is 5.37. The van der Waals surface area contributed by atoms with Gasteiger partial charge >= 0.3 is 0 Å². The zero-order valence-corrected chi connectivity index (χ0v) is 18.4. The molecule has 1 aliphatic rings. The minimum atomic E-state index is -3.71. The molecule has 3 aromatic rings. The Labute approximate surface area is 184 Å². The minimum Gasteiger partial charge on any atom is -0.324 e. The fraction of sp³-hybridized carbons (Fsp3) is 0.300. The molecule has 0 aliphatic carbocycles. The zero-order valence-electron chi connectivity index (χ0n) is 16.7. The van der Waals surface area contributed by atoms with Gasteiger partial charge in [0.15, 0.2) is 0 Å². The lowest BCUT2D eigenvalue weighted by molar-refractivity contribution is -0.121. The number of hydrogen-bond acceptors (Lipinski definition) is 8. The maximum Gasteiger partial charge on any atom is 0.245 e. The number of fused-ring (bicyclic) bond motifs is 1. The Morgan fingerprint density at radius 3 is 2.61 bits per heavy atom. The van der Waals surface area contributed by atoms with E-state index in [0.717, 1.165) is 11.7 Å². The number of aromatic nitrogens is 2. The molecule has 1 aliphatic heterocycles. The first-order valence-electron chi connectivity index (χ1n) is 9.67. The lowest BCUT2D eigenvalue weighted by Gasteiger charge is -2.36. The molecule has 0 bridgehead atoms. The van der Waals surface area contributed by atoms with Crippen LogP contribution in [0.25, 0.3) is 11.0 Å². The van der Waals surface area contributed by atoms with Gasteiger partial charge in [0.25, 0.3) is 0 Å². The molecule has 1 aromatic heterocycles. The number of nitrogens with zero attached hydrogens (tertiary/aromatic N) is 5. The monoisotopic (exact) mass is 456 g/mol. The molecule has 2 heterocycles. The summed E-state index contributed by atoms with van der Waals surface area (Å²) >= 11 is 0.985. The molecular weight excluding hydrogens is 436 g/mol. The average molecular weight is 457 g/mol. The molecule has 0 radical (unpaired) electrons. The normalized spacial score (nSPS) is 16.6. The predicted octanol–water partition coefficient (Wildman–Crippen LogP) is 1.90. The molecule has 31 heavy (non-hydrogen) atoms. The first-order chi connectivity index (χ1) is 14.9. The van der Waals surface area contributed by atoms with Gasteiger partial charge in [-0.05, 0) is 31.2 Å². The topological polar surface area (TPSA) is 119 Å². The summed E-state index contributed by atoms with van der Waals surface area (Å²) in [6.45, 7) is 3.14. The van der Waals surface area contributed by atoms with Crippen LogP contribution >= 0.6 is 11.7 Å². The molecule has 1 unspecified atom stereocenters. The molecule has 1 N–H and O–H groups in total. The number of nitriles is 1. The van der Waals surface area contributed by atoms with Crippen LogP contribution in [0.2, 0.25) is 0 Å². The van der Waals surface area contributed by atoms with Gasteiger partial charge in [0.1, 0.15) is 22.0 Å². The standard InChI is InChI=1S/C20H20N6O3S2/c1-14(20(27)22-16-6-3-2-5-15(16)13-21)25-9-11-26(12-10-25)31(28,29)18-8-4-7-17-19(18)24-30-23-17/h2-8,14H,9-12H2,1H3,(H,22,27). The molecule has 1 saturated heterocycles. The quantitative estimate of drug-likeness (QED) is 0.623. The number of nitrogens with one attached hydrogen (secondary N) is 1. The second-order valence-corrected chi connectivity index (χ2v) is 9.59. The third-order valence-corrected chi connectivity index (χ3v) is 7.85. The van der Waals surface area contributed by atoms with E-state index < -0.39 is 16.1 Å². The van der Waals surface area contributed by atoms with E-state index >= 15 is 0 Å². The van der Waals surface area contributed by atoms with E-state index in [9.17, 15) is 18.5 Å². The van der Waals surface area contributed by atoms with Gasteiger partial charge in [-0.1, -0.05) is 18.2 Å². The Kier molecular flexibility index (Phi) is 5.97. The summed E-state index contributed by atoms with van der Waals surface area (Å²) < 4.78 is 36.0. The van der Waals surface area contributed by atoms with Crippen LogP contribution in [-0.4, -0.2) is 64.5 Å². The van der Waals surface area contributed by atoms with Crippen LogP contribution in [0.1, 0.15) is 12.5 Å². The molecule has 160 valence electrons. The maximum atomic E-state index is 13.2. The number of rotatable bonds is 5. The zero-order chi connectivity index (χ0) is 22.0. The van der Waals surface area contributed by atoms with E-state index in [1.165, 1.54) is 4.31 Å². The number of amides is 1. The molecule has 9 nitrogen and oxygen atoms in total. The van der Waals surface area contributed by atoms with Crippen molar-refractivity contribution < 1.29 is 13.2 Å². The van der Waals surface area contributed by atoms with Crippen LogP contribution in [0.5, 0.6) is 0 Å². The molecule has 1 fully saturated rings. The average Bonchev–Trinajstić information content (AvgIpc) is 3.28. The Morgan fingerprint density at radius 1 is 1.13 bits per heavy atom. The Balaban J connectivity index is 1.43. The highest BCUT2D eigenvalue weighted by Crippen LogP contribution is 2.25. The van der Waals surface area contributed by atoms with Gasteiger partial charge in [0, 0.05) is 26.2 Å². The summed E-state index contributed by atoms with van der Waals surface area (Å²) in [5.41, 5.74) is 1.81. The van der Waals surface area contributed by atoms with Crippen molar-refractivity contribution in [3.63, 3.8) is 0 Å². The Bertz CT molecular complexity index is 1260. The highest BCUT2D eigenvalue weighted by molar-refractivity contribution is 7.89. The number of sulfonamides is 1. The molecule has 0 spiro atoms. The lowest BCUT2D eigenvalue weighted by Crippen LogP contribution is -2.53. The molecule has 4 rings (SSSR count). The number of benzene rings is 2. The number of carbonyl (C=O) groups excluding carboxylic acids is 1. The van der Waals surface area contributed by atoms with Gasteiger partial charge in [0.2, 0.25) is 15.9 Å². The van der Waals surface area contributed by atoms with Crippen LogP contribution in [0.4, 0.5) is 5.69 Å². The van der Waals surface area contributed by atoms with E-state index in [0.29, 0.717) is 35.4 Å². The van der Waals surface area contributed by atoms with Crippen molar-refractivity contribution in [1.82, 2.24) is 18.0 Å². The molecule has 11 heteroatoms. The van der Waals surface area contributed by atoms with Crippen molar-refractivity contribution in [3.8, 4) is 6.07 Å². The maximum absolute atomic E-state index is 13.2. The summed E-state index contributed by atoms with van der Waals surface area (Å²) in [5, 5.41) is 12.0. The number of piperazine rings is 1. The van der Waals surface area contributed by atoms with Gasteiger partial charge < -0.3 is 5.32 Å². The Hall–Kier alpha value is -2.91. The number of hydrogen-bond donors (Lipinski definition) is 1. The van der Waals surface area contributed by atoms with Crippen LogP contribution in [-0.2, 0) is 14.8 Å². The third kappa shape index (κ3) is 4.15. The predicted molar refractivity (Wildman–Crippen MR) is 117 cm³/mol. The Morgan fingerprint density at radius 2 is 1.87 bits per heavy atom. The van der Waals surface area contributed by atoms with Gasteiger partial charge in [-0.15, -0.1) is 0 Å². The van der Waals surface area contributed by atoms with Crippen LogP contribution < -0.4 is 5.32 Å². The van der Waals surface area contributed by atoms with Crippen molar-refractivity contribution >= 4 is 44.4 Å². The SMILES string of the molecule is CC(C(=O)Nc1ccccc1C#N)N1CCN(S(=O)(=O)c2cccc3nsnc23)CC1. The van der Waals surface area contributed by atoms with Gasteiger partial charge in [-0.3, -0.25) is 9.69 Å². The fourth-order valence-corrected chi connectivity index (χ4v) is 5.73. The lowest BCUT2D eigenvalue weighted by atomic mass is 10.1. The first-order valence-corrected chi connectivity index (χ1v) is 11.8. The van der Waals surface area contributed by atoms with Crippen LogP contribution in [0.15, 0.2) is 47.4 Å². The highest BCUT2D eigenvalue weighted by atomic mass is 32.2. The number of carbonyl (C=O) groups is 1. The van der Waals surface area contributed by atoms with Gasteiger partial charge in [-0.2, -0.15) is 18.3 Å². The molecular formula is C20H20N6O3S2. The molecule has 1 amide bonds. The summed E-state index contributed by atoms with van der Waals surface area (Å²) in [4.78, 5) is 14.8. The number of anilines is 1. The second-order valence-electron chi connectivity index (χ2n) is 7.15. The van der Waals surface area contributed by atoms with Crippen molar-refractivity contribution in [2.45, 2.75) is 17.9 Å². The molecule has 0 saturated carbocycles. The van der Waals surface area contributed by atoms with Crippen molar-refractivity contribution in [3.05, 3.63) is 48.0 Å². The number of para-hydroxylation sites is 1. The van der Waals surface area contributed by atoms with Gasteiger partial charge in [-0.25, -0.2) is 8.42 Å². The van der Waals surface area contributed by atoms with Crippen LogP contribution in [0, 0.1) is 11.3 Å². The second kappa shape index (κ2) is 8.68. The van der Waals surface area contributed by atoms with E-state index in [1.54, 1.807) is 49.4 Å². The minimum absolute atomic E-state index is 0.158. The fourth-order valence-electron chi connectivity index (χ4n) is 3.55. The van der Waals surface area contributed by atoms with E-state index in [1.807, 2.05) is 4.90 Å². The molecule has 1 atom stereocenters. The first kappa shape index (κ1) is 21.3. The summed E-state index contributed by atoms with van der Waals surface area (Å²) in [6, 6.07) is 13.4. The summed E-state index contributed by atoms with van der Waals surface area (Å²) in [6.07, 6.45) is 0. The highest BCUT2D eigenvalue weighted by Gasteiger charge is 2.33. The molecule has 2 aromatic carbocycles.